The lowest BCUT2D eigenvalue weighted by atomic mass is 9.77. The Bertz CT molecular complexity index is 1980. The molecule has 0 unspecified atom stereocenters. The predicted molar refractivity (Wildman–Crippen MR) is 195 cm³/mol. The third kappa shape index (κ3) is 5.86. The largest absolute Gasteiger partial charge is 0.294 e. The molecule has 1 aliphatic rings. The number of amidine groups is 1. The van der Waals surface area contributed by atoms with Crippen molar-refractivity contribution in [1.29, 1.82) is 0 Å². The number of aliphatic imine (C=N–C) groups is 1. The van der Waals surface area contributed by atoms with Crippen molar-refractivity contribution in [3.63, 3.8) is 0 Å². The maximum Gasteiger partial charge on any atom is 0.255 e. The van der Waals surface area contributed by atoms with E-state index >= 15 is 0 Å². The first-order valence-electron chi connectivity index (χ1n) is 17.0. The number of tetrazole rings is 1. The second-order valence-corrected chi connectivity index (χ2v) is 13.1. The number of rotatable bonds is 11. The predicted octanol–water partition coefficient (Wildman–Crippen LogP) is 8.56. The second kappa shape index (κ2) is 13.4. The summed E-state index contributed by atoms with van der Waals surface area (Å²) < 4.78 is 1.97. The van der Waals surface area contributed by atoms with Gasteiger partial charge in [0, 0.05) is 12.0 Å². The Morgan fingerprint density at radius 2 is 1.24 bits per heavy atom. The van der Waals surface area contributed by atoms with Crippen molar-refractivity contribution in [2.75, 3.05) is 0 Å². The van der Waals surface area contributed by atoms with E-state index in [-0.39, 0.29) is 5.91 Å². The zero-order valence-electron chi connectivity index (χ0n) is 28.2. The quantitative estimate of drug-likeness (QED) is 0.133. The maximum absolute atomic E-state index is 13.6. The van der Waals surface area contributed by atoms with Crippen LogP contribution in [-0.4, -0.2) is 42.4 Å². The van der Waals surface area contributed by atoms with Crippen molar-refractivity contribution in [3.05, 3.63) is 162 Å². The van der Waals surface area contributed by atoms with E-state index in [9.17, 15) is 4.79 Å². The molecular weight excluding hydrogens is 605 g/mol. The van der Waals surface area contributed by atoms with Gasteiger partial charge in [-0.1, -0.05) is 147 Å². The Kier molecular flexibility index (Phi) is 8.74. The van der Waals surface area contributed by atoms with Crippen molar-refractivity contribution >= 4 is 11.7 Å². The van der Waals surface area contributed by atoms with Gasteiger partial charge >= 0.3 is 0 Å². The number of nitrogens with zero attached hydrogens (tertiary/aromatic N) is 6. The molecule has 6 aromatic rings. The topological polar surface area (TPSA) is 76.3 Å². The van der Waals surface area contributed by atoms with Gasteiger partial charge in [-0.05, 0) is 70.1 Å². The molecule has 0 spiro atoms. The molecule has 1 amide bonds. The van der Waals surface area contributed by atoms with Gasteiger partial charge in [-0.25, -0.2) is 4.68 Å². The molecule has 5 aromatic carbocycles. The number of hydrogen-bond acceptors (Lipinski definition) is 5. The normalized spacial score (nSPS) is 14.2. The molecule has 0 saturated heterocycles. The van der Waals surface area contributed by atoms with Crippen LogP contribution in [0.4, 0.5) is 0 Å². The number of carbonyl (C=O) groups is 1. The van der Waals surface area contributed by atoms with E-state index in [0.717, 1.165) is 64.0 Å². The minimum atomic E-state index is -0.901. The van der Waals surface area contributed by atoms with Gasteiger partial charge < -0.3 is 0 Å². The van der Waals surface area contributed by atoms with Crippen LogP contribution in [-0.2, 0) is 16.9 Å². The van der Waals surface area contributed by atoms with Gasteiger partial charge in [-0.2, -0.15) is 0 Å². The summed E-state index contributed by atoms with van der Waals surface area (Å²) in [5, 5.41) is 14.0. The third-order valence-corrected chi connectivity index (χ3v) is 9.35. The fourth-order valence-electron chi connectivity index (χ4n) is 6.98. The average molecular weight is 645 g/mol. The second-order valence-electron chi connectivity index (χ2n) is 13.1. The van der Waals surface area contributed by atoms with Crippen LogP contribution in [0.1, 0.15) is 62.3 Å². The van der Waals surface area contributed by atoms with E-state index in [2.05, 4.69) is 115 Å². The molecule has 0 fully saturated rings. The lowest BCUT2D eigenvalue weighted by molar-refractivity contribution is -0.130. The molecule has 0 aliphatic carbocycles. The van der Waals surface area contributed by atoms with Crippen LogP contribution in [0.3, 0.4) is 0 Å². The van der Waals surface area contributed by atoms with E-state index in [1.165, 1.54) is 0 Å². The van der Waals surface area contributed by atoms with E-state index in [1.54, 1.807) is 0 Å². The highest BCUT2D eigenvalue weighted by atomic mass is 16.2. The molecule has 7 heteroatoms. The molecule has 2 heterocycles. The number of benzene rings is 5. The minimum Gasteiger partial charge on any atom is -0.294 e. The lowest BCUT2D eigenvalue weighted by Crippen LogP contribution is -2.39. The van der Waals surface area contributed by atoms with Crippen molar-refractivity contribution in [2.24, 2.45) is 4.99 Å². The summed E-state index contributed by atoms with van der Waals surface area (Å²) in [4.78, 5) is 20.4. The van der Waals surface area contributed by atoms with E-state index in [1.807, 2.05) is 59.8 Å². The number of amides is 1. The van der Waals surface area contributed by atoms with Crippen LogP contribution in [0.25, 0.3) is 22.5 Å². The summed E-state index contributed by atoms with van der Waals surface area (Å²) in [5.41, 5.74) is 5.30. The standard InChI is InChI=1S/C42H40N6O/c1-4-5-26-38-43-41(2,3)40(49)47(38)30-31-27-28-36(32-18-10-6-11-19-32)37(29-31)39-44-45-46-48(39)42(33-20-12-7-13-21-33,34-22-14-8-15-23-34)35-24-16-9-17-25-35/h6-25,27-29H,4-5,26,30H2,1-3H3. The fraction of sp³-hybridized carbons (Fsp3) is 0.214. The van der Waals surface area contributed by atoms with Crippen LogP contribution >= 0.6 is 0 Å². The number of carbonyl (C=O) groups excluding carboxylic acids is 1. The Morgan fingerprint density at radius 3 is 1.80 bits per heavy atom. The van der Waals surface area contributed by atoms with E-state index in [4.69, 9.17) is 15.3 Å². The Labute approximate surface area is 288 Å². The Morgan fingerprint density at radius 1 is 0.694 bits per heavy atom. The first kappa shape index (κ1) is 31.9. The first-order chi connectivity index (χ1) is 23.9. The number of unbranched alkanes of at least 4 members (excludes halogenated alkanes) is 1. The molecule has 0 radical (unpaired) electrons. The molecule has 7 rings (SSSR count). The molecule has 244 valence electrons. The molecule has 7 nitrogen and oxygen atoms in total. The highest BCUT2D eigenvalue weighted by Crippen LogP contribution is 2.43. The van der Waals surface area contributed by atoms with Gasteiger partial charge in [0.2, 0.25) is 0 Å². The molecule has 1 aliphatic heterocycles. The smallest absolute Gasteiger partial charge is 0.255 e. The molecule has 49 heavy (non-hydrogen) atoms. The molecule has 0 bridgehead atoms. The highest BCUT2D eigenvalue weighted by molar-refractivity contribution is 6.07. The Balaban J connectivity index is 1.46. The SMILES string of the molecule is CCCCC1=NC(C)(C)C(=O)N1Cc1ccc(-c2ccccc2)c(-c2nnnn2C(c2ccccc2)(c2ccccc2)c2ccccc2)c1. The molecule has 0 N–H and O–H groups in total. The number of hydrogen-bond donors (Lipinski definition) is 0. The van der Waals surface area contributed by atoms with Crippen molar-refractivity contribution < 1.29 is 4.79 Å². The zero-order valence-corrected chi connectivity index (χ0v) is 28.2. The average Bonchev–Trinajstić information content (AvgIpc) is 3.72. The maximum atomic E-state index is 13.6. The fourth-order valence-corrected chi connectivity index (χ4v) is 6.98. The van der Waals surface area contributed by atoms with Gasteiger partial charge in [-0.15, -0.1) is 5.10 Å². The van der Waals surface area contributed by atoms with Crippen LogP contribution in [0.2, 0.25) is 0 Å². The van der Waals surface area contributed by atoms with Crippen LogP contribution in [0, 0.1) is 0 Å². The molecule has 0 saturated carbocycles. The summed E-state index contributed by atoms with van der Waals surface area (Å²) in [6.07, 6.45) is 2.78. The van der Waals surface area contributed by atoms with Crippen molar-refractivity contribution in [3.8, 4) is 22.5 Å². The van der Waals surface area contributed by atoms with E-state index < -0.39 is 11.1 Å². The summed E-state index contributed by atoms with van der Waals surface area (Å²) in [5.74, 6) is 1.49. The Hall–Kier alpha value is -5.69. The van der Waals surface area contributed by atoms with Gasteiger partial charge in [0.1, 0.15) is 16.9 Å². The molecular formula is C42H40N6O. The van der Waals surface area contributed by atoms with Gasteiger partial charge in [-0.3, -0.25) is 14.7 Å². The monoisotopic (exact) mass is 644 g/mol. The lowest BCUT2D eigenvalue weighted by Gasteiger charge is -2.36. The molecule has 1 aromatic heterocycles. The highest BCUT2D eigenvalue weighted by Gasteiger charge is 2.43. The summed E-state index contributed by atoms with van der Waals surface area (Å²) in [7, 11) is 0. The summed E-state index contributed by atoms with van der Waals surface area (Å²) in [6.45, 7) is 6.37. The zero-order chi connectivity index (χ0) is 33.8. The van der Waals surface area contributed by atoms with Gasteiger partial charge in [0.15, 0.2) is 5.82 Å². The minimum absolute atomic E-state index is 0.0216. The number of aromatic nitrogens is 4. The van der Waals surface area contributed by atoms with Crippen molar-refractivity contribution in [2.45, 2.75) is 57.7 Å². The third-order valence-electron chi connectivity index (χ3n) is 9.35. The van der Waals surface area contributed by atoms with Gasteiger partial charge in [0.25, 0.3) is 5.91 Å². The van der Waals surface area contributed by atoms with Crippen LogP contribution < -0.4 is 0 Å². The van der Waals surface area contributed by atoms with Crippen LogP contribution in [0.15, 0.2) is 145 Å². The first-order valence-corrected chi connectivity index (χ1v) is 17.0. The molecule has 0 atom stereocenters. The van der Waals surface area contributed by atoms with Gasteiger partial charge in [0.05, 0.1) is 6.54 Å². The van der Waals surface area contributed by atoms with Crippen molar-refractivity contribution in [1.82, 2.24) is 25.1 Å². The van der Waals surface area contributed by atoms with Crippen LogP contribution in [0.5, 0.6) is 0 Å². The van der Waals surface area contributed by atoms with E-state index in [0.29, 0.717) is 12.4 Å². The summed E-state index contributed by atoms with van der Waals surface area (Å²) in [6, 6.07) is 47.9. The summed E-state index contributed by atoms with van der Waals surface area (Å²) >= 11 is 0.